The molecule has 0 saturated carbocycles. The highest BCUT2D eigenvalue weighted by Crippen LogP contribution is 2.31. The van der Waals surface area contributed by atoms with Crippen LogP contribution in [-0.2, 0) is 16.4 Å². The monoisotopic (exact) mass is 346 g/mol. The number of aromatic hydroxyl groups is 1. The number of benzene rings is 2. The summed E-state index contributed by atoms with van der Waals surface area (Å²) < 4.78 is 24.9. The molecule has 0 aromatic heterocycles. The maximum atomic E-state index is 12.5. The number of aryl methyl sites for hydroxylation is 1. The Morgan fingerprint density at radius 3 is 2.71 bits per heavy atom. The number of nitrogens with one attached hydrogen (secondary N) is 2. The van der Waals surface area contributed by atoms with E-state index in [0.717, 1.165) is 24.7 Å². The van der Waals surface area contributed by atoms with Crippen LogP contribution in [-0.4, -0.2) is 25.7 Å². The number of amides is 1. The molecule has 1 amide bonds. The Morgan fingerprint density at radius 2 is 1.96 bits per heavy atom. The van der Waals surface area contributed by atoms with Gasteiger partial charge in [-0.2, -0.15) is 0 Å². The SMILES string of the molecule is CS(=O)(=O)Nc1ccc(O)c(C(=O)N[C@H]2CCc3ccccc32)c1. The molecule has 126 valence electrons. The van der Waals surface area contributed by atoms with E-state index in [1.807, 2.05) is 24.3 Å². The molecule has 7 heteroatoms. The molecule has 0 fully saturated rings. The Morgan fingerprint density at radius 1 is 1.21 bits per heavy atom. The molecule has 1 atom stereocenters. The average Bonchev–Trinajstić information content (AvgIpc) is 2.91. The number of hydrogen-bond donors (Lipinski definition) is 3. The van der Waals surface area contributed by atoms with Gasteiger partial charge in [0, 0.05) is 5.69 Å². The number of anilines is 1. The molecule has 2 aromatic carbocycles. The standard InChI is InChI=1S/C17H18N2O4S/c1-24(22,23)19-12-7-9-16(20)14(10-12)17(21)18-15-8-6-11-4-2-3-5-13(11)15/h2-5,7,9-10,15,19-20H,6,8H2,1H3,(H,18,21)/t15-/m0/s1. The van der Waals surface area contributed by atoms with Crippen molar-refractivity contribution in [3.63, 3.8) is 0 Å². The van der Waals surface area contributed by atoms with E-state index >= 15 is 0 Å². The zero-order valence-electron chi connectivity index (χ0n) is 13.1. The molecule has 0 saturated heterocycles. The molecule has 1 aliphatic carbocycles. The Labute approximate surface area is 140 Å². The van der Waals surface area contributed by atoms with Gasteiger partial charge in [-0.25, -0.2) is 8.42 Å². The fourth-order valence-corrected chi connectivity index (χ4v) is 3.49. The highest BCUT2D eigenvalue weighted by Gasteiger charge is 2.25. The summed E-state index contributed by atoms with van der Waals surface area (Å²) in [6.45, 7) is 0. The van der Waals surface area contributed by atoms with Gasteiger partial charge in [0.1, 0.15) is 5.75 Å². The second kappa shape index (κ2) is 6.16. The van der Waals surface area contributed by atoms with Crippen molar-refractivity contribution in [2.24, 2.45) is 0 Å². The van der Waals surface area contributed by atoms with Gasteiger partial charge in [0.25, 0.3) is 5.91 Å². The highest BCUT2D eigenvalue weighted by molar-refractivity contribution is 7.92. The molecule has 0 bridgehead atoms. The first-order chi connectivity index (χ1) is 11.3. The van der Waals surface area contributed by atoms with E-state index in [-0.39, 0.29) is 23.0 Å². The Bertz CT molecular complexity index is 893. The Balaban J connectivity index is 1.82. The first-order valence-electron chi connectivity index (χ1n) is 7.53. The summed E-state index contributed by atoms with van der Waals surface area (Å²) in [5, 5.41) is 12.8. The summed E-state index contributed by atoms with van der Waals surface area (Å²) in [6.07, 6.45) is 2.71. The van der Waals surface area contributed by atoms with E-state index in [2.05, 4.69) is 10.0 Å². The van der Waals surface area contributed by atoms with Gasteiger partial charge in [-0.05, 0) is 42.2 Å². The molecule has 0 unspecified atom stereocenters. The molecule has 0 heterocycles. The molecule has 3 N–H and O–H groups in total. The smallest absolute Gasteiger partial charge is 0.255 e. The first-order valence-corrected chi connectivity index (χ1v) is 9.42. The molecular formula is C17H18N2O4S. The topological polar surface area (TPSA) is 95.5 Å². The van der Waals surface area contributed by atoms with E-state index in [9.17, 15) is 18.3 Å². The number of phenolic OH excluding ortho intramolecular Hbond substituents is 1. The van der Waals surface area contributed by atoms with E-state index in [1.54, 1.807) is 0 Å². The molecule has 1 aliphatic rings. The van der Waals surface area contributed by atoms with Crippen LogP contribution in [0.5, 0.6) is 5.75 Å². The molecule has 24 heavy (non-hydrogen) atoms. The quantitative estimate of drug-likeness (QED) is 0.740. The molecule has 6 nitrogen and oxygen atoms in total. The number of sulfonamides is 1. The maximum Gasteiger partial charge on any atom is 0.255 e. The summed E-state index contributed by atoms with van der Waals surface area (Å²) in [5.41, 5.74) is 2.55. The van der Waals surface area contributed by atoms with E-state index in [4.69, 9.17) is 0 Å². The minimum atomic E-state index is -3.46. The lowest BCUT2D eigenvalue weighted by Gasteiger charge is -2.15. The number of rotatable bonds is 4. The molecule has 0 radical (unpaired) electrons. The second-order valence-electron chi connectivity index (χ2n) is 5.87. The van der Waals surface area contributed by atoms with Crippen LogP contribution in [0.4, 0.5) is 5.69 Å². The van der Waals surface area contributed by atoms with Crippen molar-refractivity contribution in [2.75, 3.05) is 11.0 Å². The van der Waals surface area contributed by atoms with Gasteiger partial charge in [0.2, 0.25) is 10.0 Å². The van der Waals surface area contributed by atoms with Gasteiger partial charge in [-0.1, -0.05) is 24.3 Å². The first kappa shape index (κ1) is 16.3. The third-order valence-corrected chi connectivity index (χ3v) is 4.59. The Hall–Kier alpha value is -2.54. The summed E-state index contributed by atoms with van der Waals surface area (Å²) in [6, 6.07) is 11.8. The van der Waals surface area contributed by atoms with Crippen molar-refractivity contribution in [3.8, 4) is 5.75 Å². The lowest BCUT2D eigenvalue weighted by atomic mass is 10.1. The van der Waals surface area contributed by atoms with Crippen molar-refractivity contribution in [2.45, 2.75) is 18.9 Å². The minimum absolute atomic E-state index is 0.0352. The van der Waals surface area contributed by atoms with Crippen LogP contribution in [0.1, 0.15) is 33.9 Å². The molecule has 2 aromatic rings. The van der Waals surface area contributed by atoms with Gasteiger partial charge in [0.15, 0.2) is 0 Å². The fourth-order valence-electron chi connectivity index (χ4n) is 2.94. The van der Waals surface area contributed by atoms with E-state index in [1.165, 1.54) is 23.8 Å². The third-order valence-electron chi connectivity index (χ3n) is 3.98. The average molecular weight is 346 g/mol. The van der Waals surface area contributed by atoms with Gasteiger partial charge in [-0.3, -0.25) is 9.52 Å². The fraction of sp³-hybridized carbons (Fsp3) is 0.235. The second-order valence-corrected chi connectivity index (χ2v) is 7.62. The van der Waals surface area contributed by atoms with Crippen LogP contribution in [0.15, 0.2) is 42.5 Å². The zero-order chi connectivity index (χ0) is 17.3. The van der Waals surface area contributed by atoms with Gasteiger partial charge in [0.05, 0.1) is 17.9 Å². The van der Waals surface area contributed by atoms with Crippen LogP contribution in [0.3, 0.4) is 0 Å². The molecular weight excluding hydrogens is 328 g/mol. The van der Waals surface area contributed by atoms with Gasteiger partial charge < -0.3 is 10.4 Å². The predicted octanol–water partition coefficient (Wildman–Crippen LogP) is 2.18. The molecule has 0 spiro atoms. The van der Waals surface area contributed by atoms with Crippen LogP contribution in [0.2, 0.25) is 0 Å². The highest BCUT2D eigenvalue weighted by atomic mass is 32.2. The van der Waals surface area contributed by atoms with Crippen molar-refractivity contribution in [1.29, 1.82) is 0 Å². The van der Waals surface area contributed by atoms with Crippen LogP contribution in [0.25, 0.3) is 0 Å². The van der Waals surface area contributed by atoms with Crippen LogP contribution >= 0.6 is 0 Å². The summed E-state index contributed by atoms with van der Waals surface area (Å²) in [7, 11) is -3.46. The lowest BCUT2D eigenvalue weighted by molar-refractivity contribution is 0.0934. The van der Waals surface area contributed by atoms with Crippen molar-refractivity contribution in [3.05, 3.63) is 59.2 Å². The molecule has 0 aliphatic heterocycles. The van der Waals surface area contributed by atoms with E-state index < -0.39 is 15.9 Å². The van der Waals surface area contributed by atoms with Crippen molar-refractivity contribution < 1.29 is 18.3 Å². The van der Waals surface area contributed by atoms with Gasteiger partial charge >= 0.3 is 0 Å². The normalized spacial score (nSPS) is 16.5. The van der Waals surface area contributed by atoms with Gasteiger partial charge in [-0.15, -0.1) is 0 Å². The number of carbonyl (C=O) groups excluding carboxylic acids is 1. The Kier molecular flexibility index (Phi) is 4.19. The van der Waals surface area contributed by atoms with Crippen molar-refractivity contribution >= 4 is 21.6 Å². The molecule has 3 rings (SSSR count). The summed E-state index contributed by atoms with van der Waals surface area (Å²) >= 11 is 0. The lowest BCUT2D eigenvalue weighted by Crippen LogP contribution is -2.27. The largest absolute Gasteiger partial charge is 0.507 e. The third kappa shape index (κ3) is 3.51. The zero-order valence-corrected chi connectivity index (χ0v) is 13.9. The van der Waals surface area contributed by atoms with Crippen LogP contribution in [0, 0.1) is 0 Å². The summed E-state index contributed by atoms with van der Waals surface area (Å²) in [4.78, 5) is 12.5. The predicted molar refractivity (Wildman–Crippen MR) is 91.5 cm³/mol. The number of carbonyl (C=O) groups is 1. The van der Waals surface area contributed by atoms with E-state index in [0.29, 0.717) is 0 Å². The number of phenols is 1. The van der Waals surface area contributed by atoms with Crippen molar-refractivity contribution in [1.82, 2.24) is 5.32 Å². The number of fused-ring (bicyclic) bond motifs is 1. The minimum Gasteiger partial charge on any atom is -0.507 e. The maximum absolute atomic E-state index is 12.5. The number of hydrogen-bond acceptors (Lipinski definition) is 4. The van der Waals surface area contributed by atoms with Crippen LogP contribution < -0.4 is 10.0 Å². The summed E-state index contributed by atoms with van der Waals surface area (Å²) in [5.74, 6) is -0.635.